The number of carbonyl (C=O) groups excluding carboxylic acids is 1. The molecule has 2 aromatic carbocycles. The summed E-state index contributed by atoms with van der Waals surface area (Å²) >= 11 is 5.87. The topological polar surface area (TPSA) is 29.5 Å². The van der Waals surface area contributed by atoms with Gasteiger partial charge >= 0.3 is 0 Å². The fourth-order valence-corrected chi connectivity index (χ4v) is 2.95. The Hall–Kier alpha value is -1.91. The Balaban J connectivity index is 1.56. The molecule has 0 N–H and O–H groups in total. The van der Waals surface area contributed by atoms with Crippen LogP contribution in [0.25, 0.3) is 0 Å². The summed E-state index contributed by atoms with van der Waals surface area (Å²) in [4.78, 5) is 14.4. The number of benzene rings is 2. The summed E-state index contributed by atoms with van der Waals surface area (Å²) in [5, 5.41) is 0.616. The van der Waals surface area contributed by atoms with Crippen LogP contribution in [0, 0.1) is 5.82 Å². The second-order valence-electron chi connectivity index (χ2n) is 5.96. The van der Waals surface area contributed by atoms with Crippen LogP contribution in [0.1, 0.15) is 28.8 Å². The number of amides is 1. The molecule has 0 bridgehead atoms. The summed E-state index contributed by atoms with van der Waals surface area (Å²) in [5.41, 5.74) is 1.57. The normalized spacial score (nSPS) is 17.8. The van der Waals surface area contributed by atoms with E-state index in [2.05, 4.69) is 0 Å². The monoisotopic (exact) mass is 347 g/mol. The third-order valence-electron chi connectivity index (χ3n) is 4.16. The van der Waals surface area contributed by atoms with Crippen molar-refractivity contribution in [1.82, 2.24) is 4.90 Å². The number of likely N-dealkylation sites (tertiary alicyclic amines) is 1. The van der Waals surface area contributed by atoms with Gasteiger partial charge in [-0.05, 0) is 54.8 Å². The molecule has 1 heterocycles. The highest BCUT2D eigenvalue weighted by Crippen LogP contribution is 2.18. The number of nitrogens with zero attached hydrogens (tertiary/aromatic N) is 1. The summed E-state index contributed by atoms with van der Waals surface area (Å²) in [6, 6.07) is 13.2. The van der Waals surface area contributed by atoms with E-state index in [1.54, 1.807) is 36.4 Å². The molecule has 3 rings (SSSR count). The largest absolute Gasteiger partial charge is 0.372 e. The standard InChI is InChI=1S/C19H19ClFNO2/c20-16-7-5-15(6-8-16)19(23)22-11-1-2-18(12-22)24-13-14-3-9-17(21)10-4-14/h3-10,18H,1-2,11-13H2. The predicted octanol–water partition coefficient (Wildman–Crippen LogP) is 4.30. The smallest absolute Gasteiger partial charge is 0.253 e. The van der Waals surface area contributed by atoms with Crippen LogP contribution in [-0.2, 0) is 11.3 Å². The van der Waals surface area contributed by atoms with E-state index in [1.807, 2.05) is 4.90 Å². The van der Waals surface area contributed by atoms with Crippen LogP contribution in [0.2, 0.25) is 5.02 Å². The lowest BCUT2D eigenvalue weighted by Crippen LogP contribution is -2.43. The van der Waals surface area contributed by atoms with Gasteiger partial charge in [0.1, 0.15) is 5.82 Å². The van der Waals surface area contributed by atoms with Crippen molar-refractivity contribution in [3.63, 3.8) is 0 Å². The molecule has 0 radical (unpaired) electrons. The van der Waals surface area contributed by atoms with Gasteiger partial charge in [-0.25, -0.2) is 4.39 Å². The van der Waals surface area contributed by atoms with Gasteiger partial charge in [-0.3, -0.25) is 4.79 Å². The number of hydrogen-bond donors (Lipinski definition) is 0. The first-order chi connectivity index (χ1) is 11.6. The third-order valence-corrected chi connectivity index (χ3v) is 4.41. The summed E-state index contributed by atoms with van der Waals surface area (Å²) < 4.78 is 18.8. The predicted molar refractivity (Wildman–Crippen MR) is 91.6 cm³/mol. The summed E-state index contributed by atoms with van der Waals surface area (Å²) in [6.07, 6.45) is 1.83. The van der Waals surface area contributed by atoms with Crippen LogP contribution in [0.5, 0.6) is 0 Å². The van der Waals surface area contributed by atoms with E-state index in [0.717, 1.165) is 24.9 Å². The Morgan fingerprint density at radius 1 is 1.17 bits per heavy atom. The van der Waals surface area contributed by atoms with E-state index in [-0.39, 0.29) is 17.8 Å². The molecule has 126 valence electrons. The molecule has 1 aliphatic rings. The zero-order chi connectivity index (χ0) is 16.9. The number of piperidine rings is 1. The molecule has 1 fully saturated rings. The average molecular weight is 348 g/mol. The van der Waals surface area contributed by atoms with Gasteiger partial charge in [-0.15, -0.1) is 0 Å². The molecule has 0 aliphatic carbocycles. The van der Waals surface area contributed by atoms with Crippen molar-refractivity contribution in [3.05, 3.63) is 70.5 Å². The zero-order valence-corrected chi connectivity index (χ0v) is 14.0. The van der Waals surface area contributed by atoms with Crippen molar-refractivity contribution in [2.75, 3.05) is 13.1 Å². The lowest BCUT2D eigenvalue weighted by Gasteiger charge is -2.32. The van der Waals surface area contributed by atoms with Gasteiger partial charge in [0.2, 0.25) is 0 Å². The Morgan fingerprint density at radius 2 is 1.88 bits per heavy atom. The van der Waals surface area contributed by atoms with E-state index in [4.69, 9.17) is 16.3 Å². The fraction of sp³-hybridized carbons (Fsp3) is 0.316. The Kier molecular flexibility index (Phi) is 5.48. The van der Waals surface area contributed by atoms with Gasteiger partial charge in [-0.2, -0.15) is 0 Å². The van der Waals surface area contributed by atoms with Gasteiger partial charge in [0.25, 0.3) is 5.91 Å². The number of carbonyl (C=O) groups is 1. The first-order valence-electron chi connectivity index (χ1n) is 8.03. The Morgan fingerprint density at radius 3 is 2.58 bits per heavy atom. The fourth-order valence-electron chi connectivity index (χ4n) is 2.83. The first kappa shape index (κ1) is 16.9. The quantitative estimate of drug-likeness (QED) is 0.825. The molecule has 1 saturated heterocycles. The molecule has 0 spiro atoms. The molecule has 0 aromatic heterocycles. The highest BCUT2D eigenvalue weighted by molar-refractivity contribution is 6.30. The lowest BCUT2D eigenvalue weighted by atomic mass is 10.1. The molecule has 1 unspecified atom stereocenters. The van der Waals surface area contributed by atoms with Crippen molar-refractivity contribution < 1.29 is 13.9 Å². The number of rotatable bonds is 4. The highest BCUT2D eigenvalue weighted by Gasteiger charge is 2.25. The molecular formula is C19H19ClFNO2. The van der Waals surface area contributed by atoms with E-state index in [0.29, 0.717) is 23.7 Å². The SMILES string of the molecule is O=C(c1ccc(Cl)cc1)N1CCCC(OCc2ccc(F)cc2)C1. The van der Waals surface area contributed by atoms with Crippen LogP contribution in [0.4, 0.5) is 4.39 Å². The zero-order valence-electron chi connectivity index (χ0n) is 13.3. The Bertz CT molecular complexity index is 688. The van der Waals surface area contributed by atoms with E-state index < -0.39 is 0 Å². The van der Waals surface area contributed by atoms with Gasteiger partial charge in [-0.1, -0.05) is 23.7 Å². The Labute approximate surface area is 146 Å². The maximum absolute atomic E-state index is 12.9. The third kappa shape index (κ3) is 4.34. The van der Waals surface area contributed by atoms with Crippen LogP contribution in [0.15, 0.2) is 48.5 Å². The summed E-state index contributed by atoms with van der Waals surface area (Å²) in [7, 11) is 0. The van der Waals surface area contributed by atoms with E-state index in [9.17, 15) is 9.18 Å². The average Bonchev–Trinajstić information content (AvgIpc) is 2.61. The summed E-state index contributed by atoms with van der Waals surface area (Å²) in [6.45, 7) is 1.73. The minimum Gasteiger partial charge on any atom is -0.372 e. The van der Waals surface area contributed by atoms with Gasteiger partial charge in [0.15, 0.2) is 0 Å². The van der Waals surface area contributed by atoms with Crippen LogP contribution < -0.4 is 0 Å². The highest BCUT2D eigenvalue weighted by atomic mass is 35.5. The number of halogens is 2. The van der Waals surface area contributed by atoms with Crippen molar-refractivity contribution >= 4 is 17.5 Å². The molecule has 5 heteroatoms. The molecule has 1 aliphatic heterocycles. The lowest BCUT2D eigenvalue weighted by molar-refractivity contribution is -0.00674. The molecule has 1 atom stereocenters. The second-order valence-corrected chi connectivity index (χ2v) is 6.40. The molecule has 3 nitrogen and oxygen atoms in total. The minimum absolute atomic E-state index is 0.0000493. The van der Waals surface area contributed by atoms with Crippen molar-refractivity contribution in [1.29, 1.82) is 0 Å². The minimum atomic E-state index is -0.254. The van der Waals surface area contributed by atoms with Crippen molar-refractivity contribution in [2.45, 2.75) is 25.6 Å². The van der Waals surface area contributed by atoms with Gasteiger partial charge in [0.05, 0.1) is 12.7 Å². The maximum atomic E-state index is 12.9. The second kappa shape index (κ2) is 7.77. The van der Waals surface area contributed by atoms with Gasteiger partial charge in [0, 0.05) is 23.7 Å². The van der Waals surface area contributed by atoms with Crippen molar-refractivity contribution in [3.8, 4) is 0 Å². The van der Waals surface area contributed by atoms with Crippen LogP contribution in [-0.4, -0.2) is 30.0 Å². The first-order valence-corrected chi connectivity index (χ1v) is 8.40. The number of ether oxygens (including phenoxy) is 1. The van der Waals surface area contributed by atoms with E-state index in [1.165, 1.54) is 12.1 Å². The summed E-state index contributed by atoms with van der Waals surface area (Å²) in [5.74, 6) is -0.252. The van der Waals surface area contributed by atoms with E-state index >= 15 is 0 Å². The van der Waals surface area contributed by atoms with Gasteiger partial charge < -0.3 is 9.64 Å². The maximum Gasteiger partial charge on any atom is 0.253 e. The number of hydrogen-bond acceptors (Lipinski definition) is 2. The van der Waals surface area contributed by atoms with Crippen LogP contribution >= 0.6 is 11.6 Å². The van der Waals surface area contributed by atoms with Crippen LogP contribution in [0.3, 0.4) is 0 Å². The molecule has 1 amide bonds. The van der Waals surface area contributed by atoms with Crippen molar-refractivity contribution in [2.24, 2.45) is 0 Å². The molecule has 2 aromatic rings. The molecular weight excluding hydrogens is 329 g/mol. The molecule has 24 heavy (non-hydrogen) atoms. The molecule has 0 saturated carbocycles.